The van der Waals surface area contributed by atoms with Gasteiger partial charge in [-0.25, -0.2) is 9.97 Å². The van der Waals surface area contributed by atoms with Gasteiger partial charge in [-0.1, -0.05) is 78.9 Å². The van der Waals surface area contributed by atoms with Crippen molar-refractivity contribution < 1.29 is 4.92 Å². The second-order valence-electron chi connectivity index (χ2n) is 7.35. The average Bonchev–Trinajstić information content (AvgIpc) is 2.84. The first-order valence-electron chi connectivity index (χ1n) is 10.2. The number of benzene rings is 3. The lowest BCUT2D eigenvalue weighted by Crippen LogP contribution is -2.25. The van der Waals surface area contributed by atoms with E-state index in [1.54, 1.807) is 11.9 Å². The number of nitrogens with zero attached hydrogens (tertiary/aromatic N) is 5. The number of hydrogen-bond acceptors (Lipinski definition) is 6. The van der Waals surface area contributed by atoms with E-state index in [1.807, 2.05) is 95.9 Å². The summed E-state index contributed by atoms with van der Waals surface area (Å²) in [6.07, 6.45) is 1.39. The van der Waals surface area contributed by atoms with Crippen molar-refractivity contribution in [1.82, 2.24) is 9.97 Å². The topological polar surface area (TPSA) is 75.4 Å². The monoisotopic (exact) mass is 425 g/mol. The Morgan fingerprint density at radius 1 is 0.750 bits per heavy atom. The van der Waals surface area contributed by atoms with E-state index < -0.39 is 4.92 Å². The van der Waals surface area contributed by atoms with E-state index in [9.17, 15) is 10.1 Å². The highest BCUT2D eigenvalue weighted by molar-refractivity contribution is 5.75. The maximum atomic E-state index is 12.3. The van der Waals surface area contributed by atoms with Gasteiger partial charge in [-0.2, -0.15) is 0 Å². The Morgan fingerprint density at radius 2 is 1.22 bits per heavy atom. The van der Waals surface area contributed by atoms with Crippen molar-refractivity contribution in [2.24, 2.45) is 0 Å². The van der Waals surface area contributed by atoms with Crippen LogP contribution in [0.4, 0.5) is 23.0 Å². The van der Waals surface area contributed by atoms with Crippen molar-refractivity contribution in [2.75, 3.05) is 16.8 Å². The van der Waals surface area contributed by atoms with Crippen molar-refractivity contribution in [3.05, 3.63) is 119 Å². The van der Waals surface area contributed by atoms with Gasteiger partial charge in [0.2, 0.25) is 11.6 Å². The summed E-state index contributed by atoms with van der Waals surface area (Å²) >= 11 is 0. The smallest absolute Gasteiger partial charge is 0.342 e. The lowest BCUT2D eigenvalue weighted by Gasteiger charge is -2.25. The Kier molecular flexibility index (Phi) is 6.36. The maximum Gasteiger partial charge on any atom is 0.354 e. The summed E-state index contributed by atoms with van der Waals surface area (Å²) in [5, 5.41) is 12.3. The molecule has 7 heteroatoms. The molecule has 1 aromatic heterocycles. The molecule has 0 fully saturated rings. The number of nitro groups is 1. The first-order valence-corrected chi connectivity index (χ1v) is 10.2. The molecule has 160 valence electrons. The molecule has 0 radical (unpaired) electrons. The van der Waals surface area contributed by atoms with Gasteiger partial charge in [0.25, 0.3) is 0 Å². The number of anilines is 3. The molecule has 0 saturated carbocycles. The van der Waals surface area contributed by atoms with Gasteiger partial charge in [-0.05, 0) is 23.3 Å². The zero-order chi connectivity index (χ0) is 22.3. The molecule has 0 bridgehead atoms. The van der Waals surface area contributed by atoms with Crippen LogP contribution in [0, 0.1) is 10.1 Å². The first kappa shape index (κ1) is 21.0. The molecule has 0 N–H and O–H groups in total. The highest BCUT2D eigenvalue weighted by atomic mass is 16.6. The van der Waals surface area contributed by atoms with E-state index in [0.717, 1.165) is 16.8 Å². The number of rotatable bonds is 8. The average molecular weight is 425 g/mol. The molecule has 7 nitrogen and oxygen atoms in total. The summed E-state index contributed by atoms with van der Waals surface area (Å²) in [5.41, 5.74) is 2.76. The third-order valence-electron chi connectivity index (χ3n) is 5.16. The fraction of sp³-hybridized carbons (Fsp3) is 0.120. The van der Waals surface area contributed by atoms with Gasteiger partial charge in [-0.15, -0.1) is 0 Å². The highest BCUT2D eigenvalue weighted by Gasteiger charge is 2.29. The minimum absolute atomic E-state index is 0.120. The highest BCUT2D eigenvalue weighted by Crippen LogP contribution is 2.37. The molecule has 0 saturated heterocycles. The number of aromatic nitrogens is 2. The summed E-state index contributed by atoms with van der Waals surface area (Å²) < 4.78 is 0. The quantitative estimate of drug-likeness (QED) is 0.279. The lowest BCUT2D eigenvalue weighted by atomic mass is 10.1. The van der Waals surface area contributed by atoms with Crippen LogP contribution in [-0.2, 0) is 13.1 Å². The van der Waals surface area contributed by atoms with Crippen LogP contribution in [0.2, 0.25) is 0 Å². The number of hydrogen-bond donors (Lipinski definition) is 0. The molecule has 0 aliphatic carbocycles. The van der Waals surface area contributed by atoms with Crippen molar-refractivity contribution in [2.45, 2.75) is 13.1 Å². The Labute approximate surface area is 186 Å². The molecule has 0 unspecified atom stereocenters. The van der Waals surface area contributed by atoms with Crippen LogP contribution >= 0.6 is 0 Å². The summed E-state index contributed by atoms with van der Waals surface area (Å²) in [7, 11) is 1.77. The maximum absolute atomic E-state index is 12.3. The van der Waals surface area contributed by atoms with E-state index in [2.05, 4.69) is 9.97 Å². The van der Waals surface area contributed by atoms with E-state index >= 15 is 0 Å². The Hall–Kier alpha value is -4.26. The fourth-order valence-electron chi connectivity index (χ4n) is 3.59. The standard InChI is InChI=1S/C25H23N5O2/c1-28(22-15-9-4-10-16-22)24-23(30(31)32)25(27-19-26-24)29(17-20-11-5-2-6-12-20)18-21-13-7-3-8-14-21/h2-16,19H,17-18H2,1H3. The molecular weight excluding hydrogens is 402 g/mol. The third-order valence-corrected chi connectivity index (χ3v) is 5.16. The SMILES string of the molecule is CN(c1ccccc1)c1ncnc(N(Cc2ccccc2)Cc2ccccc2)c1[N+](=O)[O-]. The second-order valence-corrected chi connectivity index (χ2v) is 7.35. The Morgan fingerprint density at radius 3 is 1.72 bits per heavy atom. The van der Waals surface area contributed by atoms with Crippen LogP contribution in [0.5, 0.6) is 0 Å². The van der Waals surface area contributed by atoms with Gasteiger partial charge in [0.15, 0.2) is 0 Å². The molecule has 4 rings (SSSR count). The van der Waals surface area contributed by atoms with Gasteiger partial charge in [0, 0.05) is 25.8 Å². The predicted molar refractivity (Wildman–Crippen MR) is 126 cm³/mol. The molecule has 0 spiro atoms. The van der Waals surface area contributed by atoms with Gasteiger partial charge < -0.3 is 9.80 Å². The molecule has 0 aliphatic rings. The fourth-order valence-corrected chi connectivity index (χ4v) is 3.59. The first-order chi connectivity index (χ1) is 15.6. The summed E-state index contributed by atoms with van der Waals surface area (Å²) in [6.45, 7) is 0.949. The van der Waals surface area contributed by atoms with Gasteiger partial charge in [-0.3, -0.25) is 10.1 Å². The van der Waals surface area contributed by atoms with Crippen molar-refractivity contribution in [1.29, 1.82) is 0 Å². The Bertz CT molecular complexity index is 1130. The molecule has 3 aromatic carbocycles. The normalized spacial score (nSPS) is 10.5. The molecule has 0 atom stereocenters. The third kappa shape index (κ3) is 4.73. The second kappa shape index (κ2) is 9.70. The van der Waals surface area contributed by atoms with E-state index in [1.165, 1.54) is 6.33 Å². The van der Waals surface area contributed by atoms with Crippen LogP contribution in [0.15, 0.2) is 97.3 Å². The zero-order valence-electron chi connectivity index (χ0n) is 17.7. The van der Waals surface area contributed by atoms with Crippen LogP contribution < -0.4 is 9.80 Å². The summed E-state index contributed by atoms with van der Waals surface area (Å²) in [4.78, 5) is 24.2. The number of para-hydroxylation sites is 1. The van der Waals surface area contributed by atoms with Gasteiger partial charge >= 0.3 is 5.69 Å². The van der Waals surface area contributed by atoms with Gasteiger partial charge in [0.1, 0.15) is 6.33 Å². The van der Waals surface area contributed by atoms with Crippen molar-refractivity contribution in [3.8, 4) is 0 Å². The van der Waals surface area contributed by atoms with Gasteiger partial charge in [0.05, 0.1) is 4.92 Å². The van der Waals surface area contributed by atoms with Crippen LogP contribution in [0.3, 0.4) is 0 Å². The van der Waals surface area contributed by atoms with Crippen LogP contribution in [-0.4, -0.2) is 21.9 Å². The molecule has 4 aromatic rings. The minimum Gasteiger partial charge on any atom is -0.342 e. The zero-order valence-corrected chi connectivity index (χ0v) is 17.7. The van der Waals surface area contributed by atoms with Crippen LogP contribution in [0.1, 0.15) is 11.1 Å². The molecule has 0 aliphatic heterocycles. The molecular formula is C25H23N5O2. The van der Waals surface area contributed by atoms with E-state index in [-0.39, 0.29) is 17.3 Å². The lowest BCUT2D eigenvalue weighted by molar-refractivity contribution is -0.383. The molecule has 0 amide bonds. The van der Waals surface area contributed by atoms with Crippen molar-refractivity contribution in [3.63, 3.8) is 0 Å². The molecule has 32 heavy (non-hydrogen) atoms. The largest absolute Gasteiger partial charge is 0.354 e. The van der Waals surface area contributed by atoms with E-state index in [0.29, 0.717) is 13.1 Å². The molecule has 1 heterocycles. The van der Waals surface area contributed by atoms with Crippen molar-refractivity contribution >= 4 is 23.0 Å². The summed E-state index contributed by atoms with van der Waals surface area (Å²) in [5.74, 6) is 0.535. The summed E-state index contributed by atoms with van der Waals surface area (Å²) in [6, 6.07) is 29.2. The van der Waals surface area contributed by atoms with Crippen LogP contribution in [0.25, 0.3) is 0 Å². The minimum atomic E-state index is -0.396. The Balaban J connectivity index is 1.80. The van der Waals surface area contributed by atoms with E-state index in [4.69, 9.17) is 0 Å². The predicted octanol–water partition coefficient (Wildman–Crippen LogP) is 5.36.